The smallest absolute Gasteiger partial charge is 0.251 e. The SMILES string of the molecule is O=C(NC1C2C3CCC(C3)C12)c1ccc(I)c(O)c1. The largest absolute Gasteiger partial charge is 0.507 e. The van der Waals surface area contributed by atoms with Crippen LogP contribution in [0.25, 0.3) is 0 Å². The van der Waals surface area contributed by atoms with Crippen molar-refractivity contribution in [2.45, 2.75) is 25.3 Å². The first-order chi connectivity index (χ1) is 9.15. The molecule has 3 saturated carbocycles. The summed E-state index contributed by atoms with van der Waals surface area (Å²) >= 11 is 2.06. The van der Waals surface area contributed by atoms with Gasteiger partial charge in [-0.1, -0.05) is 0 Å². The molecule has 0 radical (unpaired) electrons. The van der Waals surface area contributed by atoms with E-state index in [1.54, 1.807) is 18.2 Å². The molecule has 1 amide bonds. The first-order valence-electron chi connectivity index (χ1n) is 6.94. The Balaban J connectivity index is 1.46. The molecule has 100 valence electrons. The van der Waals surface area contributed by atoms with Gasteiger partial charge in [-0.3, -0.25) is 4.79 Å². The minimum Gasteiger partial charge on any atom is -0.507 e. The Morgan fingerprint density at radius 2 is 1.95 bits per heavy atom. The number of hydrogen-bond donors (Lipinski definition) is 2. The molecule has 4 rings (SSSR count). The van der Waals surface area contributed by atoms with Gasteiger partial charge in [-0.25, -0.2) is 0 Å². The quantitative estimate of drug-likeness (QED) is 0.788. The summed E-state index contributed by atoms with van der Waals surface area (Å²) in [4.78, 5) is 12.2. The first kappa shape index (κ1) is 12.0. The first-order valence-corrected chi connectivity index (χ1v) is 8.02. The van der Waals surface area contributed by atoms with Crippen molar-refractivity contribution in [2.75, 3.05) is 0 Å². The number of amides is 1. The highest BCUT2D eigenvalue weighted by Crippen LogP contribution is 2.65. The normalized spacial score (nSPS) is 38.1. The van der Waals surface area contributed by atoms with Gasteiger partial charge in [-0.05, 0) is 83.7 Å². The summed E-state index contributed by atoms with van der Waals surface area (Å²) in [5.74, 6) is 3.38. The topological polar surface area (TPSA) is 49.3 Å². The van der Waals surface area contributed by atoms with Crippen LogP contribution in [-0.4, -0.2) is 17.1 Å². The number of fused-ring (bicyclic) bond motifs is 5. The number of halogens is 1. The Morgan fingerprint density at radius 1 is 1.26 bits per heavy atom. The minimum absolute atomic E-state index is 0.0366. The number of hydrogen-bond acceptors (Lipinski definition) is 2. The summed E-state index contributed by atoms with van der Waals surface area (Å²) in [6, 6.07) is 5.52. The van der Waals surface area contributed by atoms with E-state index >= 15 is 0 Å². The average molecular weight is 369 g/mol. The summed E-state index contributed by atoms with van der Waals surface area (Å²) in [7, 11) is 0. The molecule has 2 bridgehead atoms. The molecule has 3 aliphatic carbocycles. The maximum atomic E-state index is 12.2. The Labute approximate surface area is 125 Å². The van der Waals surface area contributed by atoms with Gasteiger partial charge in [-0.2, -0.15) is 0 Å². The zero-order valence-corrected chi connectivity index (χ0v) is 12.6. The Bertz CT molecular complexity index is 543. The summed E-state index contributed by atoms with van der Waals surface area (Å²) in [6.07, 6.45) is 4.12. The van der Waals surface area contributed by atoms with Crippen molar-refractivity contribution in [2.24, 2.45) is 23.7 Å². The van der Waals surface area contributed by atoms with E-state index in [0.29, 0.717) is 11.6 Å². The molecule has 1 aromatic carbocycles. The summed E-state index contributed by atoms with van der Waals surface area (Å²) in [5.41, 5.74) is 0.565. The Morgan fingerprint density at radius 3 is 2.58 bits per heavy atom. The van der Waals surface area contributed by atoms with Gasteiger partial charge in [0, 0.05) is 11.6 Å². The van der Waals surface area contributed by atoms with Crippen molar-refractivity contribution < 1.29 is 9.90 Å². The molecule has 0 aromatic heterocycles. The lowest BCUT2D eigenvalue weighted by Gasteiger charge is -2.11. The highest BCUT2D eigenvalue weighted by molar-refractivity contribution is 14.1. The van der Waals surface area contributed by atoms with E-state index in [1.165, 1.54) is 19.3 Å². The number of carbonyl (C=O) groups is 1. The summed E-state index contributed by atoms with van der Waals surface area (Å²) < 4.78 is 0.774. The molecular formula is C15H16INO2. The van der Waals surface area contributed by atoms with Crippen LogP contribution in [0.2, 0.25) is 0 Å². The van der Waals surface area contributed by atoms with Crippen molar-refractivity contribution in [3.8, 4) is 5.75 Å². The Kier molecular flexibility index (Phi) is 2.59. The predicted octanol–water partition coefficient (Wildman–Crippen LogP) is 2.77. The van der Waals surface area contributed by atoms with Crippen LogP contribution in [0.4, 0.5) is 0 Å². The third kappa shape index (κ3) is 1.79. The molecule has 0 spiro atoms. The second-order valence-corrected chi connectivity index (χ2v) is 7.32. The standard InChI is InChI=1S/C15H16INO2/c16-10-4-3-9(6-11(10)18)15(19)17-14-12-7-1-2-8(5-7)13(12)14/h3-4,6-8,12-14,18H,1-2,5H2,(H,17,19). The lowest BCUT2D eigenvalue weighted by Crippen LogP contribution is -2.29. The van der Waals surface area contributed by atoms with E-state index in [9.17, 15) is 9.90 Å². The van der Waals surface area contributed by atoms with Crippen LogP contribution in [0.3, 0.4) is 0 Å². The van der Waals surface area contributed by atoms with E-state index in [4.69, 9.17) is 0 Å². The molecule has 0 heterocycles. The third-order valence-electron chi connectivity index (χ3n) is 5.24. The zero-order valence-electron chi connectivity index (χ0n) is 10.5. The summed E-state index contributed by atoms with van der Waals surface area (Å²) in [5, 5.41) is 12.8. The number of aromatic hydroxyl groups is 1. The van der Waals surface area contributed by atoms with Crippen molar-refractivity contribution in [1.29, 1.82) is 0 Å². The second-order valence-electron chi connectivity index (χ2n) is 6.15. The van der Waals surface area contributed by atoms with Crippen molar-refractivity contribution >= 4 is 28.5 Å². The molecule has 4 heteroatoms. The Hall–Kier alpha value is -0.780. The molecule has 0 aliphatic heterocycles. The van der Waals surface area contributed by atoms with Crippen LogP contribution in [0.1, 0.15) is 29.6 Å². The third-order valence-corrected chi connectivity index (χ3v) is 6.15. The molecule has 1 aromatic rings. The van der Waals surface area contributed by atoms with Crippen LogP contribution in [0.15, 0.2) is 18.2 Å². The van der Waals surface area contributed by atoms with Crippen LogP contribution in [0, 0.1) is 27.2 Å². The lowest BCUT2D eigenvalue weighted by atomic mass is 10.0. The van der Waals surface area contributed by atoms with Crippen molar-refractivity contribution in [3.63, 3.8) is 0 Å². The van der Waals surface area contributed by atoms with Gasteiger partial charge < -0.3 is 10.4 Å². The van der Waals surface area contributed by atoms with E-state index in [2.05, 4.69) is 27.9 Å². The summed E-state index contributed by atoms with van der Waals surface area (Å²) in [6.45, 7) is 0. The van der Waals surface area contributed by atoms with Crippen LogP contribution >= 0.6 is 22.6 Å². The van der Waals surface area contributed by atoms with Crippen LogP contribution in [0.5, 0.6) is 5.75 Å². The van der Waals surface area contributed by atoms with Gasteiger partial charge in [-0.15, -0.1) is 0 Å². The highest BCUT2D eigenvalue weighted by Gasteiger charge is 2.65. The van der Waals surface area contributed by atoms with Gasteiger partial charge in [0.1, 0.15) is 5.75 Å². The molecule has 3 fully saturated rings. The van der Waals surface area contributed by atoms with Gasteiger partial charge in [0.2, 0.25) is 0 Å². The highest BCUT2D eigenvalue weighted by atomic mass is 127. The van der Waals surface area contributed by atoms with Gasteiger partial charge in [0.05, 0.1) is 3.57 Å². The minimum atomic E-state index is -0.0366. The van der Waals surface area contributed by atoms with Crippen molar-refractivity contribution in [1.82, 2.24) is 5.32 Å². The van der Waals surface area contributed by atoms with Crippen LogP contribution < -0.4 is 5.32 Å². The van der Waals surface area contributed by atoms with Crippen molar-refractivity contribution in [3.05, 3.63) is 27.3 Å². The number of phenolic OH excluding ortho intramolecular Hbond substituents is 1. The predicted molar refractivity (Wildman–Crippen MR) is 79.9 cm³/mol. The fourth-order valence-corrected chi connectivity index (χ4v) is 4.74. The molecular weight excluding hydrogens is 353 g/mol. The number of benzene rings is 1. The fraction of sp³-hybridized carbons (Fsp3) is 0.533. The second kappa shape index (κ2) is 4.11. The molecule has 4 atom stereocenters. The maximum absolute atomic E-state index is 12.2. The molecule has 4 unspecified atom stereocenters. The number of phenols is 1. The molecule has 19 heavy (non-hydrogen) atoms. The lowest BCUT2D eigenvalue weighted by molar-refractivity contribution is 0.0944. The van der Waals surface area contributed by atoms with Crippen LogP contribution in [-0.2, 0) is 0 Å². The van der Waals surface area contributed by atoms with E-state index < -0.39 is 0 Å². The van der Waals surface area contributed by atoms with Gasteiger partial charge in [0.15, 0.2) is 0 Å². The van der Waals surface area contributed by atoms with E-state index in [1.807, 2.05) is 0 Å². The van der Waals surface area contributed by atoms with Gasteiger partial charge >= 0.3 is 0 Å². The number of nitrogens with one attached hydrogen (secondary N) is 1. The molecule has 3 nitrogen and oxygen atoms in total. The monoisotopic (exact) mass is 369 g/mol. The van der Waals surface area contributed by atoms with Gasteiger partial charge in [0.25, 0.3) is 5.91 Å². The molecule has 2 N–H and O–H groups in total. The fourth-order valence-electron chi connectivity index (χ4n) is 4.41. The number of rotatable bonds is 2. The molecule has 0 saturated heterocycles. The van der Waals surface area contributed by atoms with E-state index in [0.717, 1.165) is 27.2 Å². The number of carbonyl (C=O) groups excluding carboxylic acids is 1. The average Bonchev–Trinajstić information content (AvgIpc) is 2.81. The molecule has 3 aliphatic rings. The van der Waals surface area contributed by atoms with E-state index in [-0.39, 0.29) is 11.7 Å². The zero-order chi connectivity index (χ0) is 13.1. The maximum Gasteiger partial charge on any atom is 0.251 e.